The van der Waals surface area contributed by atoms with Crippen molar-refractivity contribution in [1.82, 2.24) is 0 Å². The van der Waals surface area contributed by atoms with Gasteiger partial charge in [0.2, 0.25) is 0 Å². The molecule has 0 amide bonds. The molecule has 1 heterocycles. The summed E-state index contributed by atoms with van der Waals surface area (Å²) < 4.78 is 6.11. The van der Waals surface area contributed by atoms with E-state index in [1.165, 1.54) is 0 Å². The molecule has 21 heavy (non-hydrogen) atoms. The molecule has 0 aliphatic carbocycles. The Morgan fingerprint density at radius 2 is 1.48 bits per heavy atom. The van der Waals surface area contributed by atoms with Crippen molar-refractivity contribution in [1.29, 1.82) is 0 Å². The van der Waals surface area contributed by atoms with Gasteiger partial charge in [-0.25, -0.2) is 0 Å². The van der Waals surface area contributed by atoms with E-state index < -0.39 is 0 Å². The second kappa shape index (κ2) is 7.04. The summed E-state index contributed by atoms with van der Waals surface area (Å²) >= 11 is 0. The molecule has 2 aromatic carbocycles. The molecule has 3 rings (SSSR count). The Bertz CT molecular complexity index is 581. The fourth-order valence-corrected chi connectivity index (χ4v) is 2.41. The second-order valence-corrected chi connectivity index (χ2v) is 5.04. The summed E-state index contributed by atoms with van der Waals surface area (Å²) in [5.41, 5.74) is 2.97. The summed E-state index contributed by atoms with van der Waals surface area (Å²) in [4.78, 5) is 5.48. The number of hydrogen-bond donors (Lipinski definition) is 0. The maximum Gasteiger partial charge on any atom is 0.128 e. The highest BCUT2D eigenvalue weighted by Gasteiger charge is 2.22. The highest BCUT2D eigenvalue weighted by molar-refractivity contribution is 6.04. The van der Waals surface area contributed by atoms with Crippen molar-refractivity contribution in [3.8, 4) is 0 Å². The van der Waals surface area contributed by atoms with E-state index >= 15 is 0 Å². The van der Waals surface area contributed by atoms with E-state index in [4.69, 9.17) is 9.57 Å². The van der Waals surface area contributed by atoms with Crippen LogP contribution in [0.2, 0.25) is 0 Å². The van der Waals surface area contributed by atoms with Gasteiger partial charge in [-0.05, 0) is 18.4 Å². The van der Waals surface area contributed by atoms with Crippen molar-refractivity contribution in [3.05, 3.63) is 71.8 Å². The van der Waals surface area contributed by atoms with Crippen molar-refractivity contribution in [2.75, 3.05) is 13.2 Å². The molecular weight excluding hydrogens is 262 g/mol. The van der Waals surface area contributed by atoms with Crippen LogP contribution in [0.4, 0.5) is 0 Å². The fraction of sp³-hybridized carbons (Fsp3) is 0.278. The molecule has 0 saturated heterocycles. The average Bonchev–Trinajstić information content (AvgIpc) is 2.68. The summed E-state index contributed by atoms with van der Waals surface area (Å²) in [6, 6.07) is 20.3. The molecule has 0 spiro atoms. The number of nitrogens with zero attached hydrogens (tertiary/aromatic N) is 1. The molecule has 108 valence electrons. The lowest BCUT2D eigenvalue weighted by Crippen LogP contribution is -2.18. The zero-order chi connectivity index (χ0) is 14.3. The van der Waals surface area contributed by atoms with E-state index in [-0.39, 0.29) is 6.10 Å². The van der Waals surface area contributed by atoms with Crippen LogP contribution in [-0.2, 0) is 9.57 Å². The Morgan fingerprint density at radius 1 is 0.810 bits per heavy atom. The number of oxime groups is 1. The summed E-state index contributed by atoms with van der Waals surface area (Å²) in [7, 11) is 0. The van der Waals surface area contributed by atoms with E-state index in [0.717, 1.165) is 36.3 Å². The zero-order valence-electron chi connectivity index (χ0n) is 11.9. The quantitative estimate of drug-likeness (QED) is 0.834. The first-order chi connectivity index (χ1) is 10.4. The molecule has 1 aliphatic heterocycles. The van der Waals surface area contributed by atoms with Gasteiger partial charge in [-0.3, -0.25) is 0 Å². The molecule has 0 bridgehead atoms. The molecule has 1 atom stereocenters. The van der Waals surface area contributed by atoms with E-state index in [1.807, 2.05) is 48.5 Å². The van der Waals surface area contributed by atoms with Gasteiger partial charge >= 0.3 is 0 Å². The molecule has 3 nitrogen and oxygen atoms in total. The van der Waals surface area contributed by atoms with Gasteiger partial charge in [-0.15, -0.1) is 0 Å². The summed E-state index contributed by atoms with van der Waals surface area (Å²) in [5, 5.41) is 4.36. The third-order valence-corrected chi connectivity index (χ3v) is 3.50. The van der Waals surface area contributed by atoms with Crippen LogP contribution in [0.15, 0.2) is 65.8 Å². The largest absolute Gasteiger partial charge is 0.395 e. The van der Waals surface area contributed by atoms with E-state index in [2.05, 4.69) is 17.3 Å². The van der Waals surface area contributed by atoms with Crippen LogP contribution in [0.3, 0.4) is 0 Å². The molecular formula is C18H19NO2. The van der Waals surface area contributed by atoms with Crippen molar-refractivity contribution in [2.24, 2.45) is 5.16 Å². The van der Waals surface area contributed by atoms with Crippen LogP contribution in [0.25, 0.3) is 0 Å². The standard InChI is InChI=1S/C18H19NO2/c1-3-9-15(10-4-1)17-18(16-11-5-2-6-12-16)20-13-7-8-14-21-19-17/h1-6,9-12,18H,7-8,13-14H2/b19-17-. The molecule has 0 fully saturated rings. The van der Waals surface area contributed by atoms with E-state index in [9.17, 15) is 0 Å². The molecule has 1 unspecified atom stereocenters. The Labute approximate surface area is 125 Å². The zero-order valence-corrected chi connectivity index (χ0v) is 11.9. The van der Waals surface area contributed by atoms with Crippen molar-refractivity contribution in [2.45, 2.75) is 18.9 Å². The van der Waals surface area contributed by atoms with Gasteiger partial charge in [0, 0.05) is 12.2 Å². The minimum atomic E-state index is -0.188. The summed E-state index contributed by atoms with van der Waals surface area (Å²) in [6.07, 6.45) is 1.76. The lowest BCUT2D eigenvalue weighted by Gasteiger charge is -2.19. The van der Waals surface area contributed by atoms with Gasteiger partial charge in [0.15, 0.2) is 0 Å². The molecule has 0 saturated carbocycles. The van der Waals surface area contributed by atoms with Gasteiger partial charge < -0.3 is 9.57 Å². The summed E-state index contributed by atoms with van der Waals surface area (Å²) in [6.45, 7) is 1.36. The van der Waals surface area contributed by atoms with E-state index in [0.29, 0.717) is 6.61 Å². The first kappa shape index (κ1) is 13.8. The summed E-state index contributed by atoms with van der Waals surface area (Å²) in [5.74, 6) is 0. The number of ether oxygens (including phenoxy) is 1. The van der Waals surface area contributed by atoms with Crippen LogP contribution in [0, 0.1) is 0 Å². The van der Waals surface area contributed by atoms with Gasteiger partial charge in [-0.2, -0.15) is 0 Å². The third kappa shape index (κ3) is 3.50. The highest BCUT2D eigenvalue weighted by atomic mass is 16.6. The van der Waals surface area contributed by atoms with Crippen molar-refractivity contribution >= 4 is 5.71 Å². The number of benzene rings is 2. The Hall–Kier alpha value is -2.13. The highest BCUT2D eigenvalue weighted by Crippen LogP contribution is 2.24. The molecule has 0 N–H and O–H groups in total. The minimum Gasteiger partial charge on any atom is -0.395 e. The predicted molar refractivity (Wildman–Crippen MR) is 83.3 cm³/mol. The van der Waals surface area contributed by atoms with Gasteiger partial charge in [-0.1, -0.05) is 65.8 Å². The third-order valence-electron chi connectivity index (χ3n) is 3.50. The smallest absolute Gasteiger partial charge is 0.128 e. The van der Waals surface area contributed by atoms with Crippen molar-refractivity contribution in [3.63, 3.8) is 0 Å². The Kier molecular flexibility index (Phi) is 4.64. The maximum atomic E-state index is 6.11. The van der Waals surface area contributed by atoms with Crippen LogP contribution in [0.1, 0.15) is 30.1 Å². The Morgan fingerprint density at radius 3 is 2.24 bits per heavy atom. The first-order valence-electron chi connectivity index (χ1n) is 7.37. The van der Waals surface area contributed by atoms with Gasteiger partial charge in [0.25, 0.3) is 0 Å². The van der Waals surface area contributed by atoms with Crippen LogP contribution < -0.4 is 0 Å². The van der Waals surface area contributed by atoms with Crippen LogP contribution in [-0.4, -0.2) is 18.9 Å². The van der Waals surface area contributed by atoms with Crippen LogP contribution >= 0.6 is 0 Å². The second-order valence-electron chi connectivity index (χ2n) is 5.04. The average molecular weight is 281 g/mol. The lowest BCUT2D eigenvalue weighted by atomic mass is 9.99. The van der Waals surface area contributed by atoms with E-state index in [1.54, 1.807) is 0 Å². The monoisotopic (exact) mass is 281 g/mol. The molecule has 0 aromatic heterocycles. The minimum absolute atomic E-state index is 0.188. The molecule has 1 aliphatic rings. The van der Waals surface area contributed by atoms with Crippen molar-refractivity contribution < 1.29 is 9.57 Å². The SMILES string of the molecule is c1ccc(/C2=N/OCCCCOC2c2ccccc2)cc1. The molecule has 2 aromatic rings. The first-order valence-corrected chi connectivity index (χ1v) is 7.37. The number of hydrogen-bond acceptors (Lipinski definition) is 3. The van der Waals surface area contributed by atoms with Crippen LogP contribution in [0.5, 0.6) is 0 Å². The predicted octanol–water partition coefficient (Wildman–Crippen LogP) is 3.96. The lowest BCUT2D eigenvalue weighted by molar-refractivity contribution is 0.0958. The fourth-order valence-electron chi connectivity index (χ4n) is 2.41. The molecule has 3 heteroatoms. The van der Waals surface area contributed by atoms with Gasteiger partial charge in [0.05, 0.1) is 0 Å². The topological polar surface area (TPSA) is 30.8 Å². The normalized spacial score (nSPS) is 22.1. The maximum absolute atomic E-state index is 6.11. The van der Waals surface area contributed by atoms with Gasteiger partial charge in [0.1, 0.15) is 18.4 Å². The number of rotatable bonds is 2. The Balaban J connectivity index is 1.99. The molecule has 0 radical (unpaired) electrons.